The van der Waals surface area contributed by atoms with Crippen molar-refractivity contribution in [1.82, 2.24) is 15.3 Å². The third-order valence-corrected chi connectivity index (χ3v) is 4.52. The molecule has 2 heterocycles. The van der Waals surface area contributed by atoms with E-state index >= 15 is 0 Å². The molecule has 2 aromatic rings. The maximum Gasteiger partial charge on any atom is 0.251 e. The van der Waals surface area contributed by atoms with Crippen LogP contribution in [0.2, 0.25) is 0 Å². The molecule has 3 atom stereocenters. The van der Waals surface area contributed by atoms with E-state index in [-0.39, 0.29) is 18.6 Å². The van der Waals surface area contributed by atoms with Crippen molar-refractivity contribution in [2.24, 2.45) is 5.92 Å². The first-order valence-corrected chi connectivity index (χ1v) is 7.26. The van der Waals surface area contributed by atoms with Crippen molar-refractivity contribution in [2.75, 3.05) is 6.61 Å². The summed E-state index contributed by atoms with van der Waals surface area (Å²) in [5.74, 6) is 0.922. The minimum absolute atomic E-state index is 0.0626. The number of benzene rings is 1. The van der Waals surface area contributed by atoms with Gasteiger partial charge in [0.25, 0.3) is 5.91 Å². The SMILES string of the molecule is O=C(N[C@H]1C[C@@H]2OCC[C@H]12)c1ccc2nc(CO)[nH]c2c1. The molecule has 0 unspecified atom stereocenters. The van der Waals surface area contributed by atoms with Gasteiger partial charge in [0.05, 0.1) is 17.1 Å². The Balaban J connectivity index is 1.51. The Bertz CT molecular complexity index is 697. The molecule has 0 spiro atoms. The molecule has 0 radical (unpaired) electrons. The van der Waals surface area contributed by atoms with Crippen LogP contribution in [0.15, 0.2) is 18.2 Å². The number of carbonyl (C=O) groups is 1. The van der Waals surface area contributed by atoms with E-state index in [2.05, 4.69) is 15.3 Å². The zero-order chi connectivity index (χ0) is 14.4. The summed E-state index contributed by atoms with van der Waals surface area (Å²) in [6, 6.07) is 5.57. The third kappa shape index (κ3) is 2.11. The lowest BCUT2D eigenvalue weighted by atomic mass is 9.76. The molecule has 110 valence electrons. The van der Waals surface area contributed by atoms with E-state index < -0.39 is 0 Å². The van der Waals surface area contributed by atoms with E-state index in [0.717, 1.165) is 30.5 Å². The normalized spacial score (nSPS) is 27.4. The fourth-order valence-electron chi connectivity index (χ4n) is 3.29. The predicted molar refractivity (Wildman–Crippen MR) is 75.7 cm³/mol. The molecule has 3 N–H and O–H groups in total. The van der Waals surface area contributed by atoms with E-state index in [0.29, 0.717) is 23.4 Å². The molecule has 1 aromatic heterocycles. The number of carbonyl (C=O) groups excluding carboxylic acids is 1. The molecule has 0 bridgehead atoms. The quantitative estimate of drug-likeness (QED) is 0.785. The maximum absolute atomic E-state index is 12.3. The van der Waals surface area contributed by atoms with Crippen LogP contribution in [0.3, 0.4) is 0 Å². The second-order valence-corrected chi connectivity index (χ2v) is 5.75. The van der Waals surface area contributed by atoms with Gasteiger partial charge in [-0.25, -0.2) is 4.98 Å². The number of fused-ring (bicyclic) bond motifs is 2. The molecule has 2 aliphatic rings. The van der Waals surface area contributed by atoms with Crippen LogP contribution in [0.4, 0.5) is 0 Å². The predicted octanol–water partition coefficient (Wildman–Crippen LogP) is 0.962. The Labute approximate surface area is 121 Å². The van der Waals surface area contributed by atoms with Crippen LogP contribution in [0.5, 0.6) is 0 Å². The third-order valence-electron chi connectivity index (χ3n) is 4.52. The van der Waals surface area contributed by atoms with Gasteiger partial charge in [0.1, 0.15) is 12.4 Å². The van der Waals surface area contributed by atoms with Gasteiger partial charge in [-0.05, 0) is 31.0 Å². The molecule has 6 nitrogen and oxygen atoms in total. The van der Waals surface area contributed by atoms with Crippen LogP contribution >= 0.6 is 0 Å². The van der Waals surface area contributed by atoms with Gasteiger partial charge < -0.3 is 20.1 Å². The number of H-pyrrole nitrogens is 1. The largest absolute Gasteiger partial charge is 0.388 e. The number of nitrogens with zero attached hydrogens (tertiary/aromatic N) is 1. The van der Waals surface area contributed by atoms with Gasteiger partial charge in [0.2, 0.25) is 0 Å². The van der Waals surface area contributed by atoms with Crippen molar-refractivity contribution in [2.45, 2.75) is 31.6 Å². The molecule has 1 aliphatic heterocycles. The van der Waals surface area contributed by atoms with E-state index in [4.69, 9.17) is 9.84 Å². The lowest BCUT2D eigenvalue weighted by Crippen LogP contribution is -2.53. The lowest BCUT2D eigenvalue weighted by molar-refractivity contribution is 0.00810. The highest BCUT2D eigenvalue weighted by atomic mass is 16.5. The Morgan fingerprint density at radius 3 is 3.24 bits per heavy atom. The van der Waals surface area contributed by atoms with Gasteiger partial charge in [-0.2, -0.15) is 0 Å². The van der Waals surface area contributed by atoms with Gasteiger partial charge >= 0.3 is 0 Å². The minimum atomic E-state index is -0.138. The first-order valence-electron chi connectivity index (χ1n) is 7.26. The Morgan fingerprint density at radius 2 is 2.43 bits per heavy atom. The highest BCUT2D eigenvalue weighted by Gasteiger charge is 2.45. The molecule has 2 fully saturated rings. The highest BCUT2D eigenvalue weighted by molar-refractivity contribution is 5.97. The monoisotopic (exact) mass is 287 g/mol. The number of rotatable bonds is 3. The summed E-state index contributed by atoms with van der Waals surface area (Å²) in [5.41, 5.74) is 2.13. The number of imidazole rings is 1. The van der Waals surface area contributed by atoms with Crippen LogP contribution in [0.25, 0.3) is 11.0 Å². The van der Waals surface area contributed by atoms with Crippen molar-refractivity contribution < 1.29 is 14.6 Å². The summed E-state index contributed by atoms with van der Waals surface area (Å²) in [5, 5.41) is 12.2. The summed E-state index contributed by atoms with van der Waals surface area (Å²) in [6.45, 7) is 0.674. The Hall–Kier alpha value is -1.92. The number of nitrogens with one attached hydrogen (secondary N) is 2. The van der Waals surface area contributed by atoms with E-state index in [1.807, 2.05) is 0 Å². The first-order chi connectivity index (χ1) is 10.2. The van der Waals surface area contributed by atoms with Crippen molar-refractivity contribution in [3.05, 3.63) is 29.6 Å². The Kier molecular flexibility index (Phi) is 2.94. The lowest BCUT2D eigenvalue weighted by Gasteiger charge is -2.39. The van der Waals surface area contributed by atoms with Crippen LogP contribution < -0.4 is 5.32 Å². The molecule has 1 aliphatic carbocycles. The summed E-state index contributed by atoms with van der Waals surface area (Å²) in [6.07, 6.45) is 2.30. The molecule has 1 aromatic carbocycles. The van der Waals surface area contributed by atoms with E-state index in [9.17, 15) is 4.79 Å². The number of aliphatic hydroxyl groups excluding tert-OH is 1. The molecular formula is C15H17N3O3. The van der Waals surface area contributed by atoms with Crippen LogP contribution in [-0.4, -0.2) is 39.7 Å². The average molecular weight is 287 g/mol. The van der Waals surface area contributed by atoms with Gasteiger partial charge in [-0.1, -0.05) is 0 Å². The molecule has 4 rings (SSSR count). The van der Waals surface area contributed by atoms with Gasteiger partial charge in [0, 0.05) is 24.1 Å². The van der Waals surface area contributed by atoms with Crippen LogP contribution in [0, 0.1) is 5.92 Å². The van der Waals surface area contributed by atoms with Crippen molar-refractivity contribution in [1.29, 1.82) is 0 Å². The minimum Gasteiger partial charge on any atom is -0.388 e. The smallest absolute Gasteiger partial charge is 0.251 e. The van der Waals surface area contributed by atoms with Crippen molar-refractivity contribution in [3.8, 4) is 0 Å². The van der Waals surface area contributed by atoms with Gasteiger partial charge in [0.15, 0.2) is 0 Å². The average Bonchev–Trinajstić information content (AvgIpc) is 3.06. The van der Waals surface area contributed by atoms with Gasteiger partial charge in [-0.15, -0.1) is 0 Å². The molecule has 21 heavy (non-hydrogen) atoms. The van der Waals surface area contributed by atoms with Crippen LogP contribution in [-0.2, 0) is 11.3 Å². The van der Waals surface area contributed by atoms with E-state index in [1.54, 1.807) is 18.2 Å². The number of ether oxygens (including phenoxy) is 1. The molecule has 6 heteroatoms. The first kappa shape index (κ1) is 12.8. The summed E-state index contributed by atoms with van der Waals surface area (Å²) < 4.78 is 5.55. The van der Waals surface area contributed by atoms with Crippen molar-refractivity contribution in [3.63, 3.8) is 0 Å². The number of hydrogen-bond acceptors (Lipinski definition) is 4. The van der Waals surface area contributed by atoms with E-state index in [1.165, 1.54) is 0 Å². The fraction of sp³-hybridized carbons (Fsp3) is 0.467. The number of amides is 1. The molecule has 1 saturated heterocycles. The second-order valence-electron chi connectivity index (χ2n) is 5.75. The molecule has 1 amide bonds. The number of hydrogen-bond donors (Lipinski definition) is 3. The number of aliphatic hydroxyl groups is 1. The Morgan fingerprint density at radius 1 is 1.52 bits per heavy atom. The van der Waals surface area contributed by atoms with Gasteiger partial charge in [-0.3, -0.25) is 4.79 Å². The topological polar surface area (TPSA) is 87.2 Å². The summed E-state index contributed by atoms with van der Waals surface area (Å²) in [7, 11) is 0. The maximum atomic E-state index is 12.3. The number of aromatic amines is 1. The highest BCUT2D eigenvalue weighted by Crippen LogP contribution is 2.38. The summed E-state index contributed by atoms with van der Waals surface area (Å²) in [4.78, 5) is 19.5. The standard InChI is InChI=1S/C15H17N3O3/c19-7-14-16-10-2-1-8(5-12(10)17-14)15(20)18-11-6-13-9(11)3-4-21-13/h1-2,5,9,11,13,19H,3-4,6-7H2,(H,16,17)(H,18,20)/t9-,11+,13+/m1/s1. The fourth-order valence-corrected chi connectivity index (χ4v) is 3.29. The molecular weight excluding hydrogens is 270 g/mol. The number of aromatic nitrogens is 2. The second kappa shape index (κ2) is 4.82. The van der Waals surface area contributed by atoms with Crippen LogP contribution in [0.1, 0.15) is 29.0 Å². The van der Waals surface area contributed by atoms with Crippen molar-refractivity contribution >= 4 is 16.9 Å². The zero-order valence-electron chi connectivity index (χ0n) is 11.5. The zero-order valence-corrected chi connectivity index (χ0v) is 11.5. The molecule has 1 saturated carbocycles. The summed E-state index contributed by atoms with van der Waals surface area (Å²) >= 11 is 0.